The number of rotatable bonds is 5. The first-order valence-corrected chi connectivity index (χ1v) is 8.87. The van der Waals surface area contributed by atoms with Gasteiger partial charge in [0.2, 0.25) is 5.91 Å². The monoisotopic (exact) mass is 340 g/mol. The van der Waals surface area contributed by atoms with Crippen LogP contribution in [0.4, 0.5) is 0 Å². The lowest BCUT2D eigenvalue weighted by Crippen LogP contribution is -2.31. The second-order valence-electron chi connectivity index (χ2n) is 5.90. The van der Waals surface area contributed by atoms with Crippen LogP contribution < -0.4 is 5.56 Å². The zero-order valence-corrected chi connectivity index (χ0v) is 14.7. The summed E-state index contributed by atoms with van der Waals surface area (Å²) in [5.41, 5.74) is 2.42. The van der Waals surface area contributed by atoms with Gasteiger partial charge in [-0.25, -0.2) is 0 Å². The van der Waals surface area contributed by atoms with E-state index in [9.17, 15) is 9.59 Å². The Balaban J connectivity index is 1.92. The topological polar surface area (TPSA) is 53.2 Å². The van der Waals surface area contributed by atoms with Gasteiger partial charge >= 0.3 is 0 Å². The van der Waals surface area contributed by atoms with Crippen LogP contribution in [0.15, 0.2) is 46.6 Å². The number of aromatic amines is 1. The smallest absolute Gasteiger partial charge is 0.253 e. The minimum Gasteiger partial charge on any atom is -0.333 e. The van der Waals surface area contributed by atoms with Crippen LogP contribution in [0.2, 0.25) is 0 Å². The van der Waals surface area contributed by atoms with E-state index in [0.717, 1.165) is 21.3 Å². The predicted octanol–water partition coefficient (Wildman–Crippen LogP) is 3.84. The van der Waals surface area contributed by atoms with E-state index < -0.39 is 0 Å². The first-order chi connectivity index (χ1) is 11.6. The van der Waals surface area contributed by atoms with Crippen LogP contribution in [0.5, 0.6) is 0 Å². The maximum atomic E-state index is 12.4. The Morgan fingerprint density at radius 1 is 1.21 bits per heavy atom. The molecule has 0 fully saturated rings. The quantitative estimate of drug-likeness (QED) is 0.767. The van der Waals surface area contributed by atoms with Crippen LogP contribution in [0, 0.1) is 6.92 Å². The molecule has 0 aliphatic heterocycles. The van der Waals surface area contributed by atoms with Crippen molar-refractivity contribution < 1.29 is 4.79 Å². The van der Waals surface area contributed by atoms with E-state index in [0.29, 0.717) is 25.1 Å². The lowest BCUT2D eigenvalue weighted by molar-refractivity contribution is -0.132. The van der Waals surface area contributed by atoms with Gasteiger partial charge in [-0.2, -0.15) is 0 Å². The standard InChI is InChI=1S/C19H20N2O2S/c1-3-18(22)21(12-16-5-4-8-24-16)11-15-10-14-7-6-13(2)9-17(14)20-19(15)23/h4-10H,3,11-12H2,1-2H3,(H,20,23). The van der Waals surface area contributed by atoms with Crippen molar-refractivity contribution in [2.24, 2.45) is 0 Å². The maximum absolute atomic E-state index is 12.4. The number of thiophene rings is 1. The molecule has 0 saturated heterocycles. The van der Waals surface area contributed by atoms with Crippen molar-refractivity contribution in [2.75, 3.05) is 0 Å². The summed E-state index contributed by atoms with van der Waals surface area (Å²) in [5.74, 6) is 0.0480. The first kappa shape index (κ1) is 16.5. The lowest BCUT2D eigenvalue weighted by Gasteiger charge is -2.21. The van der Waals surface area contributed by atoms with Crippen molar-refractivity contribution in [1.82, 2.24) is 9.88 Å². The summed E-state index contributed by atoms with van der Waals surface area (Å²) in [6, 6.07) is 11.8. The molecule has 5 heteroatoms. The molecule has 1 amide bonds. The molecule has 3 aromatic rings. The number of carbonyl (C=O) groups is 1. The Bertz CT molecular complexity index is 913. The van der Waals surface area contributed by atoms with E-state index in [4.69, 9.17) is 0 Å². The third-order valence-electron chi connectivity index (χ3n) is 4.02. The number of fused-ring (bicyclic) bond motifs is 1. The van der Waals surface area contributed by atoms with Gasteiger partial charge in [-0.05, 0) is 41.5 Å². The third-order valence-corrected chi connectivity index (χ3v) is 4.88. The average molecular weight is 340 g/mol. The van der Waals surface area contributed by atoms with Crippen molar-refractivity contribution in [3.8, 4) is 0 Å². The molecule has 2 aromatic heterocycles. The summed E-state index contributed by atoms with van der Waals surface area (Å²) in [6.07, 6.45) is 0.427. The van der Waals surface area contributed by atoms with E-state index in [1.165, 1.54) is 0 Å². The van der Waals surface area contributed by atoms with Crippen LogP contribution in [0.1, 0.15) is 29.3 Å². The molecular formula is C19H20N2O2S. The molecule has 2 heterocycles. The summed E-state index contributed by atoms with van der Waals surface area (Å²) in [6.45, 7) is 4.70. The average Bonchev–Trinajstić information content (AvgIpc) is 3.07. The van der Waals surface area contributed by atoms with Crippen LogP contribution >= 0.6 is 11.3 Å². The Labute approximate surface area is 144 Å². The van der Waals surface area contributed by atoms with E-state index in [1.807, 2.05) is 55.6 Å². The number of aryl methyl sites for hydroxylation is 1. The SMILES string of the molecule is CCC(=O)N(Cc1cccs1)Cc1cc2ccc(C)cc2[nH]c1=O. The van der Waals surface area contributed by atoms with Gasteiger partial charge in [-0.3, -0.25) is 9.59 Å². The molecule has 1 N–H and O–H groups in total. The molecule has 0 spiro atoms. The number of pyridine rings is 1. The Morgan fingerprint density at radius 2 is 2.04 bits per heavy atom. The summed E-state index contributed by atoms with van der Waals surface area (Å²) in [4.78, 5) is 30.5. The van der Waals surface area contributed by atoms with Gasteiger partial charge in [0.05, 0.1) is 13.1 Å². The number of hydrogen-bond acceptors (Lipinski definition) is 3. The molecule has 0 radical (unpaired) electrons. The fourth-order valence-electron chi connectivity index (χ4n) is 2.73. The van der Waals surface area contributed by atoms with Gasteiger partial charge in [0, 0.05) is 22.4 Å². The van der Waals surface area contributed by atoms with Crippen LogP contribution in [0.3, 0.4) is 0 Å². The number of H-pyrrole nitrogens is 1. The highest BCUT2D eigenvalue weighted by Crippen LogP contribution is 2.17. The van der Waals surface area contributed by atoms with E-state index >= 15 is 0 Å². The first-order valence-electron chi connectivity index (χ1n) is 7.99. The Kier molecular flexibility index (Phi) is 4.81. The summed E-state index contributed by atoms with van der Waals surface area (Å²) >= 11 is 1.62. The number of nitrogens with one attached hydrogen (secondary N) is 1. The normalized spacial score (nSPS) is 10.9. The van der Waals surface area contributed by atoms with E-state index in [1.54, 1.807) is 16.2 Å². The molecule has 124 valence electrons. The second-order valence-corrected chi connectivity index (χ2v) is 6.93. The number of amides is 1. The highest BCUT2D eigenvalue weighted by molar-refractivity contribution is 7.09. The zero-order chi connectivity index (χ0) is 17.1. The van der Waals surface area contributed by atoms with Gasteiger partial charge in [0.15, 0.2) is 0 Å². The molecule has 0 saturated carbocycles. The van der Waals surface area contributed by atoms with Crippen LogP contribution in [0.25, 0.3) is 10.9 Å². The molecule has 0 bridgehead atoms. The van der Waals surface area contributed by atoms with Crippen LogP contribution in [-0.4, -0.2) is 15.8 Å². The highest BCUT2D eigenvalue weighted by Gasteiger charge is 2.15. The van der Waals surface area contributed by atoms with Crippen molar-refractivity contribution in [3.63, 3.8) is 0 Å². The zero-order valence-electron chi connectivity index (χ0n) is 13.8. The highest BCUT2D eigenvalue weighted by atomic mass is 32.1. The molecule has 0 unspecified atom stereocenters. The summed E-state index contributed by atoms with van der Waals surface area (Å²) < 4.78 is 0. The molecule has 4 nitrogen and oxygen atoms in total. The summed E-state index contributed by atoms with van der Waals surface area (Å²) in [7, 11) is 0. The van der Waals surface area contributed by atoms with Gasteiger partial charge in [0.1, 0.15) is 0 Å². The second kappa shape index (κ2) is 7.01. The molecule has 0 aliphatic rings. The van der Waals surface area contributed by atoms with Crippen molar-refractivity contribution in [2.45, 2.75) is 33.4 Å². The molecule has 0 atom stereocenters. The Morgan fingerprint density at radius 3 is 2.75 bits per heavy atom. The van der Waals surface area contributed by atoms with Crippen molar-refractivity contribution in [3.05, 3.63) is 68.1 Å². The molecule has 3 rings (SSSR count). The van der Waals surface area contributed by atoms with Crippen molar-refractivity contribution in [1.29, 1.82) is 0 Å². The van der Waals surface area contributed by atoms with Gasteiger partial charge < -0.3 is 9.88 Å². The predicted molar refractivity (Wildman–Crippen MR) is 98.2 cm³/mol. The minimum absolute atomic E-state index is 0.0480. The largest absolute Gasteiger partial charge is 0.333 e. The van der Waals surface area contributed by atoms with E-state index in [2.05, 4.69) is 4.98 Å². The third kappa shape index (κ3) is 3.57. The maximum Gasteiger partial charge on any atom is 0.253 e. The number of carbonyl (C=O) groups excluding carboxylic acids is 1. The number of hydrogen-bond donors (Lipinski definition) is 1. The van der Waals surface area contributed by atoms with Crippen molar-refractivity contribution >= 4 is 28.1 Å². The number of benzene rings is 1. The van der Waals surface area contributed by atoms with Crippen LogP contribution in [-0.2, 0) is 17.9 Å². The van der Waals surface area contributed by atoms with Gasteiger partial charge in [0.25, 0.3) is 5.56 Å². The van der Waals surface area contributed by atoms with Gasteiger partial charge in [-0.15, -0.1) is 11.3 Å². The Hall–Kier alpha value is -2.40. The molecule has 1 aromatic carbocycles. The number of aromatic nitrogens is 1. The molecule has 24 heavy (non-hydrogen) atoms. The van der Waals surface area contributed by atoms with Gasteiger partial charge in [-0.1, -0.05) is 25.1 Å². The number of nitrogens with zero attached hydrogens (tertiary/aromatic N) is 1. The molecular weight excluding hydrogens is 320 g/mol. The molecule has 0 aliphatic carbocycles. The minimum atomic E-state index is -0.131. The summed E-state index contributed by atoms with van der Waals surface area (Å²) in [5, 5.41) is 2.98. The fraction of sp³-hybridized carbons (Fsp3) is 0.263. The fourth-order valence-corrected chi connectivity index (χ4v) is 3.45. The lowest BCUT2D eigenvalue weighted by atomic mass is 10.1. The van der Waals surface area contributed by atoms with E-state index in [-0.39, 0.29) is 11.5 Å².